The Balaban J connectivity index is 3.56. The molecule has 0 atom stereocenters. The van der Waals surface area contributed by atoms with Crippen molar-refractivity contribution < 1.29 is 0 Å². The van der Waals surface area contributed by atoms with Crippen LogP contribution < -0.4 is 0 Å². The molecule has 0 saturated carbocycles. The summed E-state index contributed by atoms with van der Waals surface area (Å²) in [5, 5.41) is 0. The Morgan fingerprint density at radius 2 is 2.12 bits per heavy atom. The molecular formula is C4H6BBr3. The lowest BCUT2D eigenvalue weighted by molar-refractivity contribution is 1.21. The van der Waals surface area contributed by atoms with E-state index in [1.165, 1.54) is 4.48 Å². The highest BCUT2D eigenvalue weighted by molar-refractivity contribution is 9.49. The second-order valence-corrected chi connectivity index (χ2v) is 5.52. The molecule has 0 spiro atoms. The minimum Gasteiger partial charge on any atom is -0.133 e. The third kappa shape index (κ3) is 5.38. The molecule has 4 heteroatoms. The summed E-state index contributed by atoms with van der Waals surface area (Å²) in [7, 11) is 0. The zero-order valence-corrected chi connectivity index (χ0v) is 9.25. The fraction of sp³-hybridized carbons (Fsp3) is 0.500. The molecule has 0 bridgehead atoms. The van der Waals surface area contributed by atoms with Crippen molar-refractivity contribution in [3.05, 3.63) is 10.5 Å². The van der Waals surface area contributed by atoms with E-state index >= 15 is 0 Å². The maximum Gasteiger partial charge on any atom is 0.323 e. The summed E-state index contributed by atoms with van der Waals surface area (Å²) in [6, 6.07) is 0. The van der Waals surface area contributed by atoms with Gasteiger partial charge in [0.25, 0.3) is 0 Å². The van der Waals surface area contributed by atoms with Gasteiger partial charge in [-0.1, -0.05) is 28.8 Å². The van der Waals surface area contributed by atoms with Gasteiger partial charge in [-0.3, -0.25) is 0 Å². The lowest BCUT2D eigenvalue weighted by atomic mass is 10.1. The third-order valence-electron chi connectivity index (χ3n) is 0.645. The van der Waals surface area contributed by atoms with Crippen LogP contribution in [0.1, 0.15) is 13.3 Å². The van der Waals surface area contributed by atoms with Gasteiger partial charge in [0, 0.05) is 0 Å². The molecule has 0 nitrogen and oxygen atoms in total. The number of halogens is 3. The maximum absolute atomic E-state index is 3.38. The minimum atomic E-state index is 0.296. The molecule has 8 heavy (non-hydrogen) atoms. The van der Waals surface area contributed by atoms with E-state index in [9.17, 15) is 0 Å². The van der Waals surface area contributed by atoms with Crippen LogP contribution in [0.4, 0.5) is 0 Å². The normalized spacial score (nSPS) is 11.8. The summed E-state index contributed by atoms with van der Waals surface area (Å²) in [6.45, 7) is 2.10. The monoisotopic (exact) mass is 302 g/mol. The first-order chi connectivity index (χ1) is 3.66. The van der Waals surface area contributed by atoms with Gasteiger partial charge in [0.05, 0.1) is 0 Å². The lowest BCUT2D eigenvalue weighted by Crippen LogP contribution is -1.82. The van der Waals surface area contributed by atoms with Gasteiger partial charge >= 0.3 is 4.36 Å². The van der Waals surface area contributed by atoms with Crippen LogP contribution in [-0.4, -0.2) is 4.36 Å². The van der Waals surface area contributed by atoms with Crippen LogP contribution in [0, 0.1) is 0 Å². The molecule has 0 radical (unpaired) electrons. The smallest absolute Gasteiger partial charge is 0.133 e. The molecule has 0 aliphatic carbocycles. The molecule has 0 heterocycles. The van der Waals surface area contributed by atoms with Crippen molar-refractivity contribution in [2.24, 2.45) is 0 Å². The average molecular weight is 305 g/mol. The summed E-state index contributed by atoms with van der Waals surface area (Å²) in [5.74, 6) is 2.06. The molecule has 0 fully saturated rings. The molecule has 0 aromatic heterocycles. The topological polar surface area (TPSA) is 0 Å². The van der Waals surface area contributed by atoms with Crippen molar-refractivity contribution in [1.29, 1.82) is 0 Å². The Morgan fingerprint density at radius 1 is 1.62 bits per heavy atom. The van der Waals surface area contributed by atoms with Crippen molar-refractivity contribution in [2.45, 2.75) is 13.3 Å². The predicted octanol–water partition coefficient (Wildman–Crippen LogP) is 3.49. The molecule has 0 saturated heterocycles. The van der Waals surface area contributed by atoms with Crippen molar-refractivity contribution in [2.75, 3.05) is 0 Å². The summed E-state index contributed by atoms with van der Waals surface area (Å²) < 4.78 is 1.51. The fourth-order valence-electron chi connectivity index (χ4n) is 0.255. The number of hydrogen-bond acceptors (Lipinski definition) is 0. The summed E-state index contributed by atoms with van der Waals surface area (Å²) >= 11 is 10.0. The van der Waals surface area contributed by atoms with Crippen LogP contribution in [0.25, 0.3) is 0 Å². The van der Waals surface area contributed by atoms with Gasteiger partial charge in [0.1, 0.15) is 0 Å². The Labute approximate surface area is 75.3 Å². The quantitative estimate of drug-likeness (QED) is 0.685. The zero-order valence-electron chi connectivity index (χ0n) is 4.50. The van der Waals surface area contributed by atoms with Crippen molar-refractivity contribution >= 4 is 51.8 Å². The SMILES string of the molecule is CC/C(Br)=C/B(Br)Br. The van der Waals surface area contributed by atoms with E-state index in [2.05, 4.69) is 60.3 Å². The molecule has 0 aliphatic rings. The van der Waals surface area contributed by atoms with Crippen molar-refractivity contribution in [1.82, 2.24) is 0 Å². The van der Waals surface area contributed by atoms with Gasteiger partial charge in [-0.2, -0.15) is 0 Å². The van der Waals surface area contributed by atoms with Gasteiger partial charge in [-0.15, -0.1) is 31.5 Å². The van der Waals surface area contributed by atoms with Crippen LogP contribution in [0.5, 0.6) is 0 Å². The molecule has 0 rings (SSSR count). The molecule has 0 aromatic carbocycles. The lowest BCUT2D eigenvalue weighted by Gasteiger charge is -1.89. The molecule has 46 valence electrons. The fourth-order valence-corrected chi connectivity index (χ4v) is 1.87. The zero-order chi connectivity index (χ0) is 6.57. The highest BCUT2D eigenvalue weighted by Crippen LogP contribution is 2.14. The largest absolute Gasteiger partial charge is 0.323 e. The first-order valence-corrected chi connectivity index (χ1v) is 4.93. The highest BCUT2D eigenvalue weighted by atomic mass is 79.9. The molecule has 0 aliphatic heterocycles. The first-order valence-electron chi connectivity index (χ1n) is 2.31. The van der Waals surface area contributed by atoms with E-state index in [0.29, 0.717) is 4.36 Å². The van der Waals surface area contributed by atoms with E-state index < -0.39 is 0 Å². The van der Waals surface area contributed by atoms with E-state index in [1.54, 1.807) is 0 Å². The van der Waals surface area contributed by atoms with E-state index in [-0.39, 0.29) is 0 Å². The molecule has 0 unspecified atom stereocenters. The predicted molar refractivity (Wildman–Crippen MR) is 50.9 cm³/mol. The Hall–Kier alpha value is 1.24. The van der Waals surface area contributed by atoms with Crippen LogP contribution >= 0.6 is 47.4 Å². The van der Waals surface area contributed by atoms with Crippen molar-refractivity contribution in [3.8, 4) is 0 Å². The summed E-state index contributed by atoms with van der Waals surface area (Å²) in [4.78, 5) is 0. The van der Waals surface area contributed by atoms with Gasteiger partial charge in [-0.25, -0.2) is 0 Å². The Morgan fingerprint density at radius 3 is 2.25 bits per heavy atom. The first kappa shape index (κ1) is 9.24. The van der Waals surface area contributed by atoms with Gasteiger partial charge < -0.3 is 0 Å². The summed E-state index contributed by atoms with van der Waals surface area (Å²) in [6.07, 6.45) is 1.05. The van der Waals surface area contributed by atoms with Gasteiger partial charge in [0.2, 0.25) is 0 Å². The number of hydrogen-bond donors (Lipinski definition) is 0. The van der Waals surface area contributed by atoms with Crippen molar-refractivity contribution in [3.63, 3.8) is 0 Å². The van der Waals surface area contributed by atoms with Crippen LogP contribution in [0.2, 0.25) is 0 Å². The second kappa shape index (κ2) is 5.06. The Kier molecular flexibility index (Phi) is 5.85. The van der Waals surface area contributed by atoms with Gasteiger partial charge in [-0.05, 0) is 10.9 Å². The van der Waals surface area contributed by atoms with E-state index in [4.69, 9.17) is 0 Å². The van der Waals surface area contributed by atoms with Crippen LogP contribution in [0.3, 0.4) is 0 Å². The van der Waals surface area contributed by atoms with Crippen LogP contribution in [0.15, 0.2) is 10.5 Å². The highest BCUT2D eigenvalue weighted by Gasteiger charge is 1.97. The average Bonchev–Trinajstić information content (AvgIpc) is 1.65. The molecule has 0 amide bonds. The summed E-state index contributed by atoms with van der Waals surface area (Å²) in [5.41, 5.74) is 0. The molecular weight excluding hydrogens is 299 g/mol. The third-order valence-corrected chi connectivity index (χ3v) is 2.00. The standard InChI is InChI=1S/C4H6BBr3/c1-2-4(6)3-5(7)8/h3H,2H2,1H3/b4-3-. The van der Waals surface area contributed by atoms with E-state index in [1.807, 2.05) is 0 Å². The molecule has 0 aromatic rings. The van der Waals surface area contributed by atoms with E-state index in [0.717, 1.165) is 6.42 Å². The Bertz CT molecular complexity index is 89.3. The maximum atomic E-state index is 3.38. The van der Waals surface area contributed by atoms with Gasteiger partial charge in [0.15, 0.2) is 0 Å². The number of allylic oxidation sites excluding steroid dienone is 1. The minimum absolute atomic E-state index is 0.296. The number of rotatable bonds is 2. The second-order valence-electron chi connectivity index (χ2n) is 1.30. The van der Waals surface area contributed by atoms with Crippen LogP contribution in [-0.2, 0) is 0 Å². The molecule has 0 N–H and O–H groups in total.